The van der Waals surface area contributed by atoms with E-state index in [4.69, 9.17) is 9.47 Å². The third-order valence-corrected chi connectivity index (χ3v) is 12.1. The van der Waals surface area contributed by atoms with Crippen LogP contribution in [-0.4, -0.2) is 98.7 Å². The zero-order valence-electron chi connectivity index (χ0n) is 37.0. The predicted molar refractivity (Wildman–Crippen MR) is 232 cm³/mol. The molecule has 57 heavy (non-hydrogen) atoms. The molecule has 2 unspecified atom stereocenters. The quantitative estimate of drug-likeness (QED) is 0.0298. The van der Waals surface area contributed by atoms with Crippen molar-refractivity contribution in [3.63, 3.8) is 0 Å². The Balaban J connectivity index is 2.32. The summed E-state index contributed by atoms with van der Waals surface area (Å²) in [5.74, 6) is -0.253. The molecule has 1 aliphatic heterocycles. The van der Waals surface area contributed by atoms with E-state index in [1.807, 2.05) is 0 Å². The van der Waals surface area contributed by atoms with E-state index in [2.05, 4.69) is 19.2 Å². The summed E-state index contributed by atoms with van der Waals surface area (Å²) in [5, 5.41) is 65.2. The second-order valence-corrected chi connectivity index (χ2v) is 17.4. The Hall–Kier alpha value is -0.850. The van der Waals surface area contributed by atoms with Gasteiger partial charge in [0.1, 0.15) is 30.5 Å². The number of carbonyl (C=O) groups excluding carboxylic acids is 1. The van der Waals surface area contributed by atoms with Crippen molar-refractivity contribution in [3.05, 3.63) is 0 Å². The fourth-order valence-electron chi connectivity index (χ4n) is 8.08. The van der Waals surface area contributed by atoms with Crippen LogP contribution in [0, 0.1) is 0 Å². The number of amides is 1. The third kappa shape index (κ3) is 28.3. The van der Waals surface area contributed by atoms with Crippen LogP contribution in [0.5, 0.6) is 0 Å². The molecule has 1 heterocycles. The molecule has 10 heteroatoms. The molecule has 10 nitrogen and oxygen atoms in total. The number of unbranched alkanes of at least 4 members (excludes halogenated alkanes) is 30. The van der Waals surface area contributed by atoms with E-state index in [1.54, 1.807) is 0 Å². The van der Waals surface area contributed by atoms with Crippen LogP contribution in [0.4, 0.5) is 0 Å². The molecule has 0 aromatic carbocycles. The van der Waals surface area contributed by atoms with Crippen molar-refractivity contribution in [2.45, 2.75) is 281 Å². The zero-order valence-corrected chi connectivity index (χ0v) is 37.0. The van der Waals surface area contributed by atoms with Crippen molar-refractivity contribution in [1.29, 1.82) is 0 Å². The summed E-state index contributed by atoms with van der Waals surface area (Å²) in [4.78, 5) is 13.0. The minimum absolute atomic E-state index is 0.253. The average molecular weight is 816 g/mol. The summed E-state index contributed by atoms with van der Waals surface area (Å²) in [7, 11) is 0. The molecule has 1 aliphatic rings. The van der Waals surface area contributed by atoms with Crippen molar-refractivity contribution >= 4 is 5.91 Å². The van der Waals surface area contributed by atoms with Crippen LogP contribution >= 0.6 is 0 Å². The molecule has 0 radical (unpaired) electrons. The zero-order chi connectivity index (χ0) is 41.8. The van der Waals surface area contributed by atoms with Crippen LogP contribution in [0.3, 0.4) is 0 Å². The molecule has 8 atom stereocenters. The summed E-state index contributed by atoms with van der Waals surface area (Å²) in [6.07, 6.45) is 31.1. The average Bonchev–Trinajstić information content (AvgIpc) is 3.21. The fourth-order valence-corrected chi connectivity index (χ4v) is 8.08. The number of nitrogens with one attached hydrogen (secondary N) is 1. The third-order valence-electron chi connectivity index (χ3n) is 12.1. The molecule has 7 N–H and O–H groups in total. The standard InChI is InChI=1S/C47H93NO9/c1-3-5-7-9-11-13-15-17-18-19-20-21-22-23-24-26-28-30-32-34-36-42(51)48-39(38-56-47-46(55)45(54)44(53)41(37-49)57-47)43(52)40(50)35-33-31-29-27-25-16-14-12-10-8-6-4-2/h39-41,43-47,49-50,52-55H,3-38H2,1-2H3,(H,48,51)/t39-,40+,41?,43-,44-,45-,46?,47-/m0/s1. The van der Waals surface area contributed by atoms with Crippen molar-refractivity contribution in [3.8, 4) is 0 Å². The minimum atomic E-state index is -1.60. The normalized spacial score (nSPS) is 21.4. The highest BCUT2D eigenvalue weighted by molar-refractivity contribution is 5.76. The van der Waals surface area contributed by atoms with Gasteiger partial charge in [0.2, 0.25) is 5.91 Å². The molecular weight excluding hydrogens is 723 g/mol. The van der Waals surface area contributed by atoms with Gasteiger partial charge in [-0.2, -0.15) is 0 Å². The van der Waals surface area contributed by atoms with E-state index in [1.165, 1.54) is 167 Å². The Kier molecular flexibility index (Phi) is 36.2. The van der Waals surface area contributed by atoms with Crippen molar-refractivity contribution in [2.75, 3.05) is 13.2 Å². The second kappa shape index (κ2) is 38.1. The minimum Gasteiger partial charge on any atom is -0.394 e. The smallest absolute Gasteiger partial charge is 0.220 e. The number of hydrogen-bond acceptors (Lipinski definition) is 9. The summed E-state index contributed by atoms with van der Waals surface area (Å²) in [5.41, 5.74) is 0. The first-order valence-electron chi connectivity index (χ1n) is 24.3. The van der Waals surface area contributed by atoms with Crippen LogP contribution in [0.25, 0.3) is 0 Å². The molecule has 1 amide bonds. The predicted octanol–water partition coefficient (Wildman–Crippen LogP) is 9.31. The number of carbonyl (C=O) groups is 1. The maximum Gasteiger partial charge on any atom is 0.220 e. The summed E-state index contributed by atoms with van der Waals surface area (Å²) in [6.45, 7) is 3.62. The largest absolute Gasteiger partial charge is 0.394 e. The highest BCUT2D eigenvalue weighted by Gasteiger charge is 2.44. The molecule has 0 bridgehead atoms. The highest BCUT2D eigenvalue weighted by atomic mass is 16.7. The van der Waals surface area contributed by atoms with Gasteiger partial charge >= 0.3 is 0 Å². The van der Waals surface area contributed by atoms with Gasteiger partial charge in [0.15, 0.2) is 6.29 Å². The molecule has 0 aromatic heterocycles. The Morgan fingerprint density at radius 2 is 0.912 bits per heavy atom. The van der Waals surface area contributed by atoms with E-state index in [0.717, 1.165) is 38.5 Å². The fraction of sp³-hybridized carbons (Fsp3) is 0.979. The van der Waals surface area contributed by atoms with Gasteiger partial charge in [-0.25, -0.2) is 0 Å². The molecule has 1 rings (SSSR count). The lowest BCUT2D eigenvalue weighted by Gasteiger charge is -2.40. The number of aliphatic hydroxyl groups is 6. The van der Waals surface area contributed by atoms with Crippen LogP contribution in [-0.2, 0) is 14.3 Å². The van der Waals surface area contributed by atoms with Crippen LogP contribution in [0.15, 0.2) is 0 Å². The summed E-state index contributed by atoms with van der Waals surface area (Å²) in [6, 6.07) is -0.984. The van der Waals surface area contributed by atoms with Gasteiger partial charge in [-0.1, -0.05) is 213 Å². The van der Waals surface area contributed by atoms with Gasteiger partial charge in [0, 0.05) is 6.42 Å². The van der Waals surface area contributed by atoms with Crippen molar-refractivity contribution in [1.82, 2.24) is 5.32 Å². The van der Waals surface area contributed by atoms with Crippen LogP contribution < -0.4 is 5.32 Å². The Labute approximate surface area is 349 Å². The summed E-state index contributed by atoms with van der Waals surface area (Å²) < 4.78 is 11.2. The molecule has 1 saturated heterocycles. The van der Waals surface area contributed by atoms with Gasteiger partial charge in [-0.05, 0) is 12.8 Å². The molecule has 1 fully saturated rings. The maximum absolute atomic E-state index is 13.0. The lowest BCUT2D eigenvalue weighted by molar-refractivity contribution is -0.303. The Bertz CT molecular complexity index is 880. The topological polar surface area (TPSA) is 169 Å². The van der Waals surface area contributed by atoms with Gasteiger partial charge in [0.25, 0.3) is 0 Å². The first-order valence-corrected chi connectivity index (χ1v) is 24.3. The van der Waals surface area contributed by atoms with Gasteiger partial charge in [-0.15, -0.1) is 0 Å². The van der Waals surface area contributed by atoms with Gasteiger partial charge < -0.3 is 45.4 Å². The van der Waals surface area contributed by atoms with Gasteiger partial charge in [-0.3, -0.25) is 4.79 Å². The van der Waals surface area contributed by atoms with Crippen LogP contribution in [0.2, 0.25) is 0 Å². The van der Waals surface area contributed by atoms with E-state index < -0.39 is 55.6 Å². The molecule has 340 valence electrons. The van der Waals surface area contributed by atoms with Gasteiger partial charge in [0.05, 0.1) is 25.4 Å². The Morgan fingerprint density at radius 1 is 0.544 bits per heavy atom. The lowest BCUT2D eigenvalue weighted by Crippen LogP contribution is -2.60. The molecule has 0 aromatic rings. The monoisotopic (exact) mass is 816 g/mol. The highest BCUT2D eigenvalue weighted by Crippen LogP contribution is 2.23. The second-order valence-electron chi connectivity index (χ2n) is 17.4. The molecule has 0 spiro atoms. The maximum atomic E-state index is 13.0. The van der Waals surface area contributed by atoms with Crippen molar-refractivity contribution < 1.29 is 44.9 Å². The summed E-state index contributed by atoms with van der Waals surface area (Å²) >= 11 is 0. The lowest BCUT2D eigenvalue weighted by atomic mass is 9.98. The molecule has 0 aliphatic carbocycles. The van der Waals surface area contributed by atoms with E-state index >= 15 is 0 Å². The molecular formula is C47H93NO9. The first-order chi connectivity index (χ1) is 27.8. The first kappa shape index (κ1) is 54.2. The Morgan fingerprint density at radius 3 is 1.30 bits per heavy atom. The van der Waals surface area contributed by atoms with Crippen LogP contribution in [0.1, 0.15) is 232 Å². The van der Waals surface area contributed by atoms with E-state index in [9.17, 15) is 35.4 Å². The number of aliphatic hydroxyl groups excluding tert-OH is 6. The number of hydrogen-bond donors (Lipinski definition) is 7. The number of ether oxygens (including phenoxy) is 2. The molecule has 0 saturated carbocycles. The number of rotatable bonds is 41. The van der Waals surface area contributed by atoms with Crippen molar-refractivity contribution in [2.24, 2.45) is 0 Å². The SMILES string of the molecule is CCCCCCCCCCCCCCCCCCCCCCC(=O)N[C@@H](CO[C@H]1OC(CO)[C@H](O)[C@H](O)C1O)[C@H](O)[C@H](O)CCCCCCCCCCCCCC. The van der Waals surface area contributed by atoms with E-state index in [0.29, 0.717) is 6.42 Å². The van der Waals surface area contributed by atoms with E-state index in [-0.39, 0.29) is 18.9 Å².